The van der Waals surface area contributed by atoms with E-state index in [9.17, 15) is 0 Å². The number of aliphatic carboxylic acids is 2. The van der Waals surface area contributed by atoms with Crippen molar-refractivity contribution in [2.45, 2.75) is 13.8 Å². The number of carbonyl (C=O) groups excluding carboxylic acids is 2. The topological polar surface area (TPSA) is 80.3 Å². The molecule has 0 saturated carbocycles. The van der Waals surface area contributed by atoms with Crippen LogP contribution in [0.1, 0.15) is 13.8 Å². The van der Waals surface area contributed by atoms with Crippen LogP contribution < -0.4 is 10.2 Å². The zero-order chi connectivity index (χ0) is 7.15. The second kappa shape index (κ2) is 16.4. The Bertz CT molecular complexity index is 75.3. The third kappa shape index (κ3) is 797. The average Bonchev–Trinajstić information content (AvgIpc) is 1.25. The molecule has 0 rings (SSSR count). The maximum atomic E-state index is 8.89. The van der Waals surface area contributed by atoms with E-state index in [4.69, 9.17) is 19.8 Å². The molecule has 0 saturated heterocycles. The molecule has 0 N–H and O–H groups in total. The number of carboxylic acid groups (broad SMARTS) is 2. The summed E-state index contributed by atoms with van der Waals surface area (Å²) < 4.78 is 0. The smallest absolute Gasteiger partial charge is 0.550 e. The van der Waals surface area contributed by atoms with Crippen LogP contribution in [0.25, 0.3) is 0 Å². The number of hydrogen-bond acceptors (Lipinski definition) is 4. The van der Waals surface area contributed by atoms with Crippen molar-refractivity contribution in [3.05, 3.63) is 0 Å². The van der Waals surface area contributed by atoms with E-state index in [1.165, 1.54) is 0 Å². The molecule has 0 bridgehead atoms. The first-order valence-electron chi connectivity index (χ1n) is 1.82. The van der Waals surface area contributed by atoms with E-state index < -0.39 is 11.9 Å². The molecule has 0 aliphatic heterocycles. The van der Waals surface area contributed by atoms with Crippen molar-refractivity contribution in [3.8, 4) is 0 Å². The van der Waals surface area contributed by atoms with Crippen molar-refractivity contribution in [2.75, 3.05) is 0 Å². The van der Waals surface area contributed by atoms with Crippen LogP contribution >= 0.6 is 0 Å². The molecule has 0 unspecified atom stereocenters. The fraction of sp³-hybridized carbons (Fsp3) is 0.500. The number of carboxylic acids is 2. The predicted molar refractivity (Wildman–Crippen MR) is 27.1 cm³/mol. The Morgan fingerprint density at radius 3 is 1.00 bits per heavy atom. The molecule has 50 valence electrons. The number of hydrogen-bond donors (Lipinski definition) is 0. The van der Waals surface area contributed by atoms with Crippen LogP contribution in [-0.2, 0) is 29.1 Å². The molecule has 4 nitrogen and oxygen atoms in total. The Kier molecular flexibility index (Phi) is 36.8. The Balaban J connectivity index is -0.0000000300. The summed E-state index contributed by atoms with van der Waals surface area (Å²) in [4.78, 5) is 17.8. The van der Waals surface area contributed by atoms with E-state index in [0.717, 1.165) is 13.8 Å². The van der Waals surface area contributed by atoms with Crippen LogP contribution in [-0.4, -0.2) is 49.7 Å². The largest absolute Gasteiger partial charge is 2.00 e. The number of carbonyl (C=O) groups is 2. The van der Waals surface area contributed by atoms with E-state index in [1.807, 2.05) is 0 Å². The minimum atomic E-state index is -1.08. The first kappa shape index (κ1) is 22.4. The zero-order valence-electron chi connectivity index (χ0n) is 6.05. The molecule has 10 heavy (non-hydrogen) atoms. The third-order valence-electron chi connectivity index (χ3n) is 0. The number of rotatable bonds is 0. The van der Waals surface area contributed by atoms with Gasteiger partial charge in [0.1, 0.15) is 0 Å². The Morgan fingerprint density at radius 1 is 1.00 bits per heavy atom. The molecule has 6 heteroatoms. The van der Waals surface area contributed by atoms with E-state index in [2.05, 4.69) is 0 Å². The van der Waals surface area contributed by atoms with Crippen molar-refractivity contribution in [1.82, 2.24) is 0 Å². The summed E-state index contributed by atoms with van der Waals surface area (Å²) in [6, 6.07) is 0. The van der Waals surface area contributed by atoms with Gasteiger partial charge < -0.3 is 19.8 Å². The van der Waals surface area contributed by atoms with Gasteiger partial charge in [-0.2, -0.15) is 0 Å². The SMILES string of the molecule is CC(=O)[O-].CC(=O)[O-].[Ca+2].[Zn]. The molecular weight excluding hydrogens is 218 g/mol. The molecule has 0 heterocycles. The fourth-order valence-electron chi connectivity index (χ4n) is 0. The summed E-state index contributed by atoms with van der Waals surface area (Å²) in [6.07, 6.45) is 0. The summed E-state index contributed by atoms with van der Waals surface area (Å²) in [5.74, 6) is -2.17. The van der Waals surface area contributed by atoms with Crippen LogP contribution in [0.2, 0.25) is 0 Å². The second-order valence-corrected chi connectivity index (χ2v) is 0.983. The van der Waals surface area contributed by atoms with Crippen molar-refractivity contribution in [2.24, 2.45) is 0 Å². The van der Waals surface area contributed by atoms with Gasteiger partial charge >= 0.3 is 37.7 Å². The minimum Gasteiger partial charge on any atom is -0.550 e. The van der Waals surface area contributed by atoms with E-state index in [0.29, 0.717) is 0 Å². The standard InChI is InChI=1S/2C2H4O2.Ca.Zn/c2*1-2(3)4;;/h2*1H3,(H,3,4);;/q;;+2;/p-2. The van der Waals surface area contributed by atoms with E-state index in [1.54, 1.807) is 0 Å². The van der Waals surface area contributed by atoms with Gasteiger partial charge in [-0.15, -0.1) is 0 Å². The van der Waals surface area contributed by atoms with E-state index >= 15 is 0 Å². The van der Waals surface area contributed by atoms with Crippen molar-refractivity contribution < 1.29 is 39.3 Å². The molecule has 0 aliphatic rings. The predicted octanol–water partition coefficient (Wildman–Crippen LogP) is -2.87. The minimum absolute atomic E-state index is 0. The van der Waals surface area contributed by atoms with Crippen LogP contribution in [0.5, 0.6) is 0 Å². The molecular formula is C4H6CaO4Zn. The van der Waals surface area contributed by atoms with Crippen molar-refractivity contribution in [3.63, 3.8) is 0 Å². The fourth-order valence-corrected chi connectivity index (χ4v) is 0. The molecule has 0 aliphatic carbocycles. The summed E-state index contributed by atoms with van der Waals surface area (Å²) in [5.41, 5.74) is 0. The quantitative estimate of drug-likeness (QED) is 0.414. The first-order chi connectivity index (χ1) is 3.46. The first-order valence-corrected chi connectivity index (χ1v) is 1.82. The molecule has 0 aromatic rings. The monoisotopic (exact) mass is 222 g/mol. The van der Waals surface area contributed by atoms with Crippen LogP contribution in [0.4, 0.5) is 0 Å². The van der Waals surface area contributed by atoms with Gasteiger partial charge in [-0.25, -0.2) is 0 Å². The Morgan fingerprint density at radius 2 is 1.00 bits per heavy atom. The molecule has 0 spiro atoms. The Hall–Kier alpha value is 0.823. The summed E-state index contributed by atoms with van der Waals surface area (Å²) in [7, 11) is 0. The molecule has 0 atom stereocenters. The van der Waals surface area contributed by atoms with Crippen molar-refractivity contribution >= 4 is 49.7 Å². The van der Waals surface area contributed by atoms with Gasteiger partial charge in [0, 0.05) is 31.4 Å². The normalized spacial score (nSPS) is 5.00. The van der Waals surface area contributed by atoms with Gasteiger partial charge in [-0.05, 0) is 13.8 Å². The van der Waals surface area contributed by atoms with Crippen LogP contribution in [0, 0.1) is 0 Å². The van der Waals surface area contributed by atoms with Gasteiger partial charge in [0.05, 0.1) is 0 Å². The van der Waals surface area contributed by atoms with Gasteiger partial charge in [0.2, 0.25) is 0 Å². The van der Waals surface area contributed by atoms with E-state index in [-0.39, 0.29) is 57.2 Å². The molecule has 0 amide bonds. The zero-order valence-corrected chi connectivity index (χ0v) is 11.2. The van der Waals surface area contributed by atoms with Crippen LogP contribution in [0.3, 0.4) is 0 Å². The summed E-state index contributed by atoms with van der Waals surface area (Å²) in [5, 5.41) is 17.8. The van der Waals surface area contributed by atoms with Gasteiger partial charge in [-0.3, -0.25) is 0 Å². The third-order valence-corrected chi connectivity index (χ3v) is 0. The van der Waals surface area contributed by atoms with Gasteiger partial charge in [-0.1, -0.05) is 0 Å². The maximum Gasteiger partial charge on any atom is 2.00 e. The van der Waals surface area contributed by atoms with Crippen molar-refractivity contribution in [1.29, 1.82) is 0 Å². The second-order valence-electron chi connectivity index (χ2n) is 0.983. The molecule has 0 aromatic heterocycles. The molecule has 0 fully saturated rings. The van der Waals surface area contributed by atoms with Gasteiger partial charge in [0.15, 0.2) is 0 Å². The summed E-state index contributed by atoms with van der Waals surface area (Å²) in [6.45, 7) is 1.94. The Labute approximate surface area is 102 Å². The van der Waals surface area contributed by atoms with Crippen LogP contribution in [0.15, 0.2) is 0 Å². The molecule has 0 radical (unpaired) electrons. The average molecular weight is 224 g/mol. The summed E-state index contributed by atoms with van der Waals surface area (Å²) >= 11 is 0. The molecule has 0 aromatic carbocycles. The maximum absolute atomic E-state index is 8.89. The van der Waals surface area contributed by atoms with Gasteiger partial charge in [0.25, 0.3) is 0 Å².